The van der Waals surface area contributed by atoms with E-state index in [-0.39, 0.29) is 0 Å². The number of aromatic nitrogens is 4. The van der Waals surface area contributed by atoms with Crippen molar-refractivity contribution in [1.29, 1.82) is 0 Å². The summed E-state index contributed by atoms with van der Waals surface area (Å²) in [6.45, 7) is 13.2. The van der Waals surface area contributed by atoms with Crippen molar-refractivity contribution in [1.82, 2.24) is 24.5 Å². The summed E-state index contributed by atoms with van der Waals surface area (Å²) in [6, 6.07) is 9.41. The van der Waals surface area contributed by atoms with Crippen molar-refractivity contribution in [3.05, 3.63) is 53.0 Å². The molecule has 2 aliphatic rings. The fourth-order valence-corrected chi connectivity index (χ4v) is 6.23. The Morgan fingerprint density at radius 2 is 1.83 bits per heavy atom. The minimum absolute atomic E-state index is 0.398. The minimum Gasteiger partial charge on any atom is -0.389 e. The number of likely N-dealkylation sites (tertiary alicyclic amines) is 1. The van der Waals surface area contributed by atoms with E-state index in [1.165, 1.54) is 51.7 Å². The average molecular weight is 486 g/mol. The van der Waals surface area contributed by atoms with Gasteiger partial charge in [0.25, 0.3) is 0 Å². The molecule has 1 aliphatic heterocycles. The van der Waals surface area contributed by atoms with E-state index in [9.17, 15) is 5.11 Å². The Balaban J connectivity index is 1.37. The monoisotopic (exact) mass is 485 g/mol. The van der Waals surface area contributed by atoms with Crippen molar-refractivity contribution >= 4 is 16.6 Å². The van der Waals surface area contributed by atoms with Crippen LogP contribution in [-0.2, 0) is 0 Å². The second-order valence-electron chi connectivity index (χ2n) is 12.1. The van der Waals surface area contributed by atoms with Gasteiger partial charge >= 0.3 is 0 Å². The van der Waals surface area contributed by atoms with Gasteiger partial charge in [0.15, 0.2) is 5.65 Å². The molecule has 1 aromatic carbocycles. The third-order valence-corrected chi connectivity index (χ3v) is 7.98. The Bertz CT molecular complexity index is 1410. The normalized spacial score (nSPS) is 18.2. The molecule has 4 heterocycles. The van der Waals surface area contributed by atoms with Crippen LogP contribution in [-0.4, -0.2) is 54.8 Å². The van der Waals surface area contributed by atoms with Crippen LogP contribution in [0.25, 0.3) is 27.8 Å². The molecule has 0 amide bonds. The molecule has 190 valence electrons. The molecular weight excluding hydrogens is 446 g/mol. The molecule has 0 atom stereocenters. The summed E-state index contributed by atoms with van der Waals surface area (Å²) in [5.74, 6) is 2.40. The molecule has 0 bridgehead atoms. The van der Waals surface area contributed by atoms with Crippen LogP contribution in [0, 0.1) is 6.92 Å². The molecular formula is C30H39N5O. The first-order chi connectivity index (χ1) is 17.2. The molecule has 6 rings (SSSR count). The molecule has 3 aromatic heterocycles. The Hall–Kier alpha value is -2.70. The molecule has 1 saturated heterocycles. The Labute approximate surface area is 213 Å². The molecule has 6 nitrogen and oxygen atoms in total. The van der Waals surface area contributed by atoms with Gasteiger partial charge in [-0.25, -0.2) is 9.50 Å². The fraction of sp³-hybridized carbons (Fsp3) is 0.533. The van der Waals surface area contributed by atoms with Gasteiger partial charge in [0, 0.05) is 34.8 Å². The van der Waals surface area contributed by atoms with Gasteiger partial charge in [-0.1, -0.05) is 19.9 Å². The van der Waals surface area contributed by atoms with E-state index in [1.807, 2.05) is 25.3 Å². The summed E-state index contributed by atoms with van der Waals surface area (Å²) >= 11 is 0. The number of H-pyrrole nitrogens is 1. The van der Waals surface area contributed by atoms with Gasteiger partial charge < -0.3 is 15.0 Å². The van der Waals surface area contributed by atoms with Crippen LogP contribution in [0.3, 0.4) is 0 Å². The zero-order valence-electron chi connectivity index (χ0n) is 22.3. The minimum atomic E-state index is -0.632. The maximum Gasteiger partial charge on any atom is 0.159 e. The third-order valence-electron chi connectivity index (χ3n) is 7.98. The lowest BCUT2D eigenvalue weighted by molar-refractivity contribution is 0.0282. The van der Waals surface area contributed by atoms with E-state index < -0.39 is 5.60 Å². The summed E-state index contributed by atoms with van der Waals surface area (Å²) in [7, 11) is 0. The standard InChI is InChI=1S/C30H39N5O/c1-18(2)27-25-14-22(20-10-12-34(13-11-20)17-30(4,5)36)8-9-26(25)32-28(27)23-15-24(21-6-7-21)29-31-19(3)33-35(29)16-23/h8-9,14-16,18,20-21,32,36H,6-7,10-13,17H2,1-5H3. The summed E-state index contributed by atoms with van der Waals surface area (Å²) in [4.78, 5) is 10.9. The molecule has 4 aromatic rings. The number of nitrogens with one attached hydrogen (secondary N) is 1. The Morgan fingerprint density at radius 3 is 2.50 bits per heavy atom. The number of fused-ring (bicyclic) bond motifs is 2. The maximum absolute atomic E-state index is 10.2. The van der Waals surface area contributed by atoms with Crippen molar-refractivity contribution in [3.63, 3.8) is 0 Å². The van der Waals surface area contributed by atoms with Crippen LogP contribution in [0.1, 0.15) is 93.6 Å². The first-order valence-corrected chi connectivity index (χ1v) is 13.6. The highest BCUT2D eigenvalue weighted by atomic mass is 16.3. The Kier molecular flexibility index (Phi) is 5.73. The second kappa shape index (κ2) is 8.70. The van der Waals surface area contributed by atoms with Gasteiger partial charge in [-0.2, -0.15) is 5.10 Å². The molecule has 1 aliphatic carbocycles. The quantitative estimate of drug-likeness (QED) is 0.344. The van der Waals surface area contributed by atoms with E-state index in [2.05, 4.69) is 59.3 Å². The van der Waals surface area contributed by atoms with E-state index in [1.54, 1.807) is 0 Å². The van der Waals surface area contributed by atoms with Crippen LogP contribution in [0.5, 0.6) is 0 Å². The van der Waals surface area contributed by atoms with Gasteiger partial charge in [0.05, 0.1) is 11.3 Å². The molecule has 36 heavy (non-hydrogen) atoms. The number of nitrogens with zero attached hydrogens (tertiary/aromatic N) is 4. The highest BCUT2D eigenvalue weighted by Crippen LogP contribution is 2.44. The number of aromatic amines is 1. The summed E-state index contributed by atoms with van der Waals surface area (Å²) in [5, 5.41) is 16.2. The zero-order chi connectivity index (χ0) is 25.2. The summed E-state index contributed by atoms with van der Waals surface area (Å²) in [6.07, 6.45) is 6.92. The number of benzene rings is 1. The number of hydrogen-bond donors (Lipinski definition) is 2. The van der Waals surface area contributed by atoms with Crippen LogP contribution < -0.4 is 0 Å². The van der Waals surface area contributed by atoms with Crippen molar-refractivity contribution in [3.8, 4) is 11.3 Å². The van der Waals surface area contributed by atoms with E-state index in [0.29, 0.717) is 17.8 Å². The van der Waals surface area contributed by atoms with E-state index >= 15 is 0 Å². The summed E-state index contributed by atoms with van der Waals surface area (Å²) < 4.78 is 1.99. The third kappa shape index (κ3) is 4.46. The van der Waals surface area contributed by atoms with Crippen molar-refractivity contribution in [2.24, 2.45) is 0 Å². The Morgan fingerprint density at radius 1 is 1.08 bits per heavy atom. The SMILES string of the molecule is Cc1nc2c(C3CC3)cc(-c3[nH]c4ccc(C5CCN(CC(C)(C)O)CC5)cc4c3C(C)C)cn2n1. The highest BCUT2D eigenvalue weighted by Gasteiger charge is 2.29. The molecule has 2 N–H and O–H groups in total. The number of piperidine rings is 1. The largest absolute Gasteiger partial charge is 0.389 e. The van der Waals surface area contributed by atoms with Gasteiger partial charge in [-0.15, -0.1) is 0 Å². The summed E-state index contributed by atoms with van der Waals surface area (Å²) in [5.41, 5.74) is 8.18. The number of β-amino-alcohol motifs (C(OH)–C–C–N with tert-alkyl or cyclic N) is 1. The van der Waals surface area contributed by atoms with Crippen LogP contribution in [0.15, 0.2) is 30.5 Å². The zero-order valence-corrected chi connectivity index (χ0v) is 22.3. The predicted octanol–water partition coefficient (Wildman–Crippen LogP) is 6.14. The molecule has 0 unspecified atom stereocenters. The first-order valence-electron chi connectivity index (χ1n) is 13.6. The number of hydrogen-bond acceptors (Lipinski definition) is 4. The van der Waals surface area contributed by atoms with Gasteiger partial charge in [-0.05, 0) is 107 Å². The molecule has 1 saturated carbocycles. The van der Waals surface area contributed by atoms with E-state index in [0.717, 1.165) is 43.9 Å². The smallest absolute Gasteiger partial charge is 0.159 e. The number of aliphatic hydroxyl groups is 1. The molecule has 0 radical (unpaired) electrons. The van der Waals surface area contributed by atoms with Gasteiger partial charge in [0.2, 0.25) is 0 Å². The fourth-order valence-electron chi connectivity index (χ4n) is 6.23. The van der Waals surface area contributed by atoms with Crippen LogP contribution in [0.4, 0.5) is 0 Å². The first kappa shape index (κ1) is 23.7. The molecule has 2 fully saturated rings. The molecule has 0 spiro atoms. The lowest BCUT2D eigenvalue weighted by Gasteiger charge is -2.35. The molecule has 6 heteroatoms. The van der Waals surface area contributed by atoms with Crippen molar-refractivity contribution in [2.75, 3.05) is 19.6 Å². The lowest BCUT2D eigenvalue weighted by Crippen LogP contribution is -2.42. The predicted molar refractivity (Wildman–Crippen MR) is 146 cm³/mol. The van der Waals surface area contributed by atoms with Crippen molar-refractivity contribution < 1.29 is 5.11 Å². The lowest BCUT2D eigenvalue weighted by atomic mass is 9.87. The number of aryl methyl sites for hydroxylation is 1. The number of pyridine rings is 1. The highest BCUT2D eigenvalue weighted by molar-refractivity contribution is 5.92. The van der Waals surface area contributed by atoms with Crippen molar-refractivity contribution in [2.45, 2.75) is 83.7 Å². The second-order valence-corrected chi connectivity index (χ2v) is 12.1. The van der Waals surface area contributed by atoms with E-state index in [4.69, 9.17) is 4.98 Å². The maximum atomic E-state index is 10.2. The van der Waals surface area contributed by atoms with Crippen LogP contribution >= 0.6 is 0 Å². The average Bonchev–Trinajstić information content (AvgIpc) is 3.47. The topological polar surface area (TPSA) is 69.5 Å². The van der Waals surface area contributed by atoms with Gasteiger partial charge in [-0.3, -0.25) is 0 Å². The van der Waals surface area contributed by atoms with Crippen LogP contribution in [0.2, 0.25) is 0 Å². The number of rotatable bonds is 6. The van der Waals surface area contributed by atoms with Gasteiger partial charge in [0.1, 0.15) is 5.82 Å².